The zero-order valence-electron chi connectivity index (χ0n) is 8.65. The van der Waals surface area contributed by atoms with Crippen LogP contribution in [-0.4, -0.2) is 16.8 Å². The van der Waals surface area contributed by atoms with Crippen LogP contribution in [0.3, 0.4) is 0 Å². The third-order valence-corrected chi connectivity index (χ3v) is 3.11. The van der Waals surface area contributed by atoms with Crippen molar-refractivity contribution in [2.45, 2.75) is 25.7 Å². The van der Waals surface area contributed by atoms with Crippen molar-refractivity contribution >= 4 is 40.2 Å². The second-order valence-electron chi connectivity index (χ2n) is 3.66. The molecule has 0 aromatic carbocycles. The quantitative estimate of drug-likeness (QED) is 0.585. The molecular weight excluding hydrogens is 319 g/mol. The van der Waals surface area contributed by atoms with E-state index in [2.05, 4.69) is 27.6 Å². The first kappa shape index (κ1) is 11.5. The van der Waals surface area contributed by atoms with E-state index in [0.717, 1.165) is 16.4 Å². The molecule has 1 aromatic heterocycles. The van der Waals surface area contributed by atoms with Gasteiger partial charge in [0.15, 0.2) is 0 Å². The maximum absolute atomic E-state index is 11.8. The van der Waals surface area contributed by atoms with Gasteiger partial charge in [-0.05, 0) is 47.6 Å². The van der Waals surface area contributed by atoms with E-state index >= 15 is 0 Å². The van der Waals surface area contributed by atoms with E-state index in [1.54, 1.807) is 12.3 Å². The molecule has 1 fully saturated rings. The Hall–Kier alpha value is -0.980. The van der Waals surface area contributed by atoms with Crippen LogP contribution in [0.25, 0.3) is 0 Å². The van der Waals surface area contributed by atoms with E-state index in [-0.39, 0.29) is 11.8 Å². The molecule has 0 N–H and O–H groups in total. The van der Waals surface area contributed by atoms with Crippen LogP contribution >= 0.6 is 22.6 Å². The van der Waals surface area contributed by atoms with Crippen LogP contribution in [0, 0.1) is 3.57 Å². The lowest BCUT2D eigenvalue weighted by molar-refractivity contribution is -0.125. The van der Waals surface area contributed by atoms with Gasteiger partial charge in [0, 0.05) is 22.6 Å². The summed E-state index contributed by atoms with van der Waals surface area (Å²) >= 11 is 2.13. The number of nitrogens with zero attached hydrogens (tertiary/aromatic N) is 2. The number of imide groups is 1. The highest BCUT2D eigenvalue weighted by atomic mass is 127. The highest BCUT2D eigenvalue weighted by Gasteiger charge is 2.26. The van der Waals surface area contributed by atoms with Crippen molar-refractivity contribution in [1.29, 1.82) is 0 Å². The Morgan fingerprint density at radius 3 is 2.25 bits per heavy atom. The van der Waals surface area contributed by atoms with Crippen LogP contribution in [0.5, 0.6) is 0 Å². The second-order valence-corrected chi connectivity index (χ2v) is 4.91. The van der Waals surface area contributed by atoms with Gasteiger partial charge < -0.3 is 0 Å². The Balaban J connectivity index is 2.32. The lowest BCUT2D eigenvalue weighted by Gasteiger charge is -2.17. The van der Waals surface area contributed by atoms with Gasteiger partial charge in [-0.15, -0.1) is 0 Å². The number of pyridine rings is 1. The number of anilines is 1. The second kappa shape index (κ2) is 4.90. The van der Waals surface area contributed by atoms with Crippen LogP contribution in [0.2, 0.25) is 0 Å². The lowest BCUT2D eigenvalue weighted by atomic mass is 10.2. The van der Waals surface area contributed by atoms with Gasteiger partial charge in [-0.1, -0.05) is 0 Å². The third-order valence-electron chi connectivity index (χ3n) is 2.47. The molecule has 84 valence electrons. The maximum Gasteiger partial charge on any atom is 0.234 e. The van der Waals surface area contributed by atoms with Crippen LogP contribution in [0.15, 0.2) is 18.3 Å². The number of hydrogen-bond acceptors (Lipinski definition) is 3. The zero-order valence-corrected chi connectivity index (χ0v) is 10.8. The molecule has 2 amide bonds. The van der Waals surface area contributed by atoms with Crippen LogP contribution in [0.4, 0.5) is 5.82 Å². The number of hydrogen-bond donors (Lipinski definition) is 0. The minimum atomic E-state index is -0.142. The largest absolute Gasteiger partial charge is 0.274 e. The molecule has 1 aromatic rings. The van der Waals surface area contributed by atoms with Gasteiger partial charge in [0.25, 0.3) is 0 Å². The summed E-state index contributed by atoms with van der Waals surface area (Å²) in [5.74, 6) is 0.157. The SMILES string of the molecule is O=C1CCCCC(=O)N1c1ccc(I)cn1. The van der Waals surface area contributed by atoms with E-state index in [0.29, 0.717) is 18.7 Å². The van der Waals surface area contributed by atoms with Gasteiger partial charge in [-0.3, -0.25) is 9.59 Å². The molecule has 0 unspecified atom stereocenters. The third kappa shape index (κ3) is 2.40. The normalized spacial score (nSPS) is 17.4. The predicted molar refractivity (Wildman–Crippen MR) is 67.9 cm³/mol. The van der Waals surface area contributed by atoms with Crippen molar-refractivity contribution < 1.29 is 9.59 Å². The number of aromatic nitrogens is 1. The summed E-state index contributed by atoms with van der Waals surface area (Å²) in [6.45, 7) is 0. The van der Waals surface area contributed by atoms with Crippen molar-refractivity contribution in [1.82, 2.24) is 4.98 Å². The molecule has 0 aliphatic carbocycles. The van der Waals surface area contributed by atoms with Crippen LogP contribution < -0.4 is 4.90 Å². The molecule has 1 saturated heterocycles. The summed E-state index contributed by atoms with van der Waals surface area (Å²) < 4.78 is 0.982. The average molecular weight is 330 g/mol. The molecule has 2 heterocycles. The molecule has 1 aliphatic heterocycles. The van der Waals surface area contributed by atoms with Gasteiger partial charge >= 0.3 is 0 Å². The molecular formula is C11H11IN2O2. The van der Waals surface area contributed by atoms with Crippen LogP contribution in [0.1, 0.15) is 25.7 Å². The molecule has 5 heteroatoms. The maximum atomic E-state index is 11.8. The number of halogens is 1. The molecule has 0 spiro atoms. The Labute approximate surface area is 107 Å². The Morgan fingerprint density at radius 1 is 1.12 bits per heavy atom. The first-order valence-electron chi connectivity index (χ1n) is 5.16. The Bertz CT molecular complexity index is 398. The van der Waals surface area contributed by atoms with Crippen molar-refractivity contribution in [3.8, 4) is 0 Å². The topological polar surface area (TPSA) is 50.3 Å². The number of amides is 2. The molecule has 2 rings (SSSR count). The molecule has 1 aliphatic rings. The van der Waals surface area contributed by atoms with Gasteiger partial charge in [-0.25, -0.2) is 9.88 Å². The first-order chi connectivity index (χ1) is 7.68. The fourth-order valence-electron chi connectivity index (χ4n) is 1.67. The monoisotopic (exact) mass is 330 g/mol. The van der Waals surface area contributed by atoms with Crippen molar-refractivity contribution in [2.75, 3.05) is 4.90 Å². The van der Waals surface area contributed by atoms with E-state index in [4.69, 9.17) is 0 Å². The summed E-state index contributed by atoms with van der Waals surface area (Å²) in [5.41, 5.74) is 0. The summed E-state index contributed by atoms with van der Waals surface area (Å²) in [7, 11) is 0. The minimum absolute atomic E-state index is 0.142. The summed E-state index contributed by atoms with van der Waals surface area (Å²) in [4.78, 5) is 28.9. The number of carbonyl (C=O) groups is 2. The minimum Gasteiger partial charge on any atom is -0.274 e. The van der Waals surface area contributed by atoms with E-state index in [9.17, 15) is 9.59 Å². The first-order valence-corrected chi connectivity index (χ1v) is 6.24. The van der Waals surface area contributed by atoms with E-state index in [1.165, 1.54) is 4.90 Å². The molecule has 4 nitrogen and oxygen atoms in total. The summed E-state index contributed by atoms with van der Waals surface area (Å²) in [6.07, 6.45) is 4.08. The smallest absolute Gasteiger partial charge is 0.234 e. The van der Waals surface area contributed by atoms with E-state index in [1.807, 2.05) is 6.07 Å². The number of rotatable bonds is 1. The predicted octanol–water partition coefficient (Wildman–Crippen LogP) is 2.12. The average Bonchev–Trinajstić information content (AvgIpc) is 2.42. The zero-order chi connectivity index (χ0) is 11.5. The summed E-state index contributed by atoms with van der Waals surface area (Å²) in [5, 5.41) is 0. The summed E-state index contributed by atoms with van der Waals surface area (Å²) in [6, 6.07) is 3.55. The molecule has 0 saturated carbocycles. The Morgan fingerprint density at radius 2 is 1.75 bits per heavy atom. The van der Waals surface area contributed by atoms with Gasteiger partial charge in [0.1, 0.15) is 5.82 Å². The van der Waals surface area contributed by atoms with Crippen LogP contribution in [-0.2, 0) is 9.59 Å². The van der Waals surface area contributed by atoms with Gasteiger partial charge in [0.2, 0.25) is 11.8 Å². The standard InChI is InChI=1S/C11H11IN2O2/c12-8-5-6-9(13-7-8)14-10(15)3-1-2-4-11(14)16/h5-7H,1-4H2. The van der Waals surface area contributed by atoms with E-state index < -0.39 is 0 Å². The Kier molecular flexibility index (Phi) is 3.52. The van der Waals surface area contributed by atoms with Crippen molar-refractivity contribution in [3.63, 3.8) is 0 Å². The van der Waals surface area contributed by atoms with Gasteiger partial charge in [-0.2, -0.15) is 0 Å². The van der Waals surface area contributed by atoms with Gasteiger partial charge in [0.05, 0.1) is 0 Å². The fraction of sp³-hybridized carbons (Fsp3) is 0.364. The fourth-order valence-corrected chi connectivity index (χ4v) is 1.99. The van der Waals surface area contributed by atoms with Crippen molar-refractivity contribution in [3.05, 3.63) is 21.9 Å². The lowest BCUT2D eigenvalue weighted by Crippen LogP contribution is -2.35. The highest BCUT2D eigenvalue weighted by molar-refractivity contribution is 14.1. The van der Waals surface area contributed by atoms with Crippen molar-refractivity contribution in [2.24, 2.45) is 0 Å². The highest BCUT2D eigenvalue weighted by Crippen LogP contribution is 2.19. The molecule has 16 heavy (non-hydrogen) atoms. The molecule has 0 atom stereocenters. The number of carbonyl (C=O) groups excluding carboxylic acids is 2. The molecule has 0 bridgehead atoms. The molecule has 0 radical (unpaired) electrons.